The largest absolute Gasteiger partial charge is 0.497 e. The number of aromatic nitrogens is 1. The number of methoxy groups -OCH3 is 2. The van der Waals surface area contributed by atoms with Crippen molar-refractivity contribution in [1.82, 2.24) is 10.5 Å². The zero-order chi connectivity index (χ0) is 18.4. The van der Waals surface area contributed by atoms with E-state index in [1.54, 1.807) is 20.3 Å². The Hall–Kier alpha value is -3.12. The summed E-state index contributed by atoms with van der Waals surface area (Å²) >= 11 is 0. The molecule has 1 atom stereocenters. The van der Waals surface area contributed by atoms with Crippen molar-refractivity contribution in [2.75, 3.05) is 20.8 Å². The van der Waals surface area contributed by atoms with Gasteiger partial charge in [-0.2, -0.15) is 0 Å². The second kappa shape index (κ2) is 8.31. The zero-order valence-corrected chi connectivity index (χ0v) is 14.6. The molecule has 1 N–H and O–H groups in total. The number of nitrogens with one attached hydrogen (secondary N) is 1. The van der Waals surface area contributed by atoms with Crippen molar-refractivity contribution in [3.05, 3.63) is 71.9 Å². The van der Waals surface area contributed by atoms with E-state index in [9.17, 15) is 4.79 Å². The minimum absolute atomic E-state index is 0.226. The van der Waals surface area contributed by atoms with Gasteiger partial charge >= 0.3 is 0 Å². The van der Waals surface area contributed by atoms with E-state index in [2.05, 4.69) is 10.5 Å². The standard InChI is InChI=1S/C20H20N2O4/c1-24-16-10-6-9-15(11-16)19(25-2)13-21-20(23)17-12-18(26-22-17)14-7-4-3-5-8-14/h3-12,19H,13H2,1-2H3,(H,21,23). The van der Waals surface area contributed by atoms with Crippen LogP contribution in [-0.2, 0) is 4.74 Å². The van der Waals surface area contributed by atoms with Crippen molar-refractivity contribution in [3.8, 4) is 17.1 Å². The fourth-order valence-electron chi connectivity index (χ4n) is 2.58. The molecule has 0 bridgehead atoms. The summed E-state index contributed by atoms with van der Waals surface area (Å²) in [5, 5.41) is 6.67. The molecule has 3 rings (SSSR count). The molecular weight excluding hydrogens is 332 g/mol. The van der Waals surface area contributed by atoms with Gasteiger partial charge < -0.3 is 19.3 Å². The van der Waals surface area contributed by atoms with Gasteiger partial charge in [-0.05, 0) is 17.7 Å². The van der Waals surface area contributed by atoms with Crippen molar-refractivity contribution in [3.63, 3.8) is 0 Å². The summed E-state index contributed by atoms with van der Waals surface area (Å²) in [7, 11) is 3.21. The molecule has 0 radical (unpaired) electrons. The average molecular weight is 352 g/mol. The minimum Gasteiger partial charge on any atom is -0.497 e. The maximum absolute atomic E-state index is 12.4. The molecule has 0 aliphatic heterocycles. The van der Waals surface area contributed by atoms with E-state index in [1.165, 1.54) is 0 Å². The predicted molar refractivity (Wildman–Crippen MR) is 97.0 cm³/mol. The van der Waals surface area contributed by atoms with Gasteiger partial charge in [0.05, 0.1) is 13.2 Å². The quantitative estimate of drug-likeness (QED) is 0.705. The van der Waals surface area contributed by atoms with E-state index in [1.807, 2.05) is 54.6 Å². The summed E-state index contributed by atoms with van der Waals surface area (Å²) in [6.07, 6.45) is -0.297. The van der Waals surface area contributed by atoms with Gasteiger partial charge in [0.15, 0.2) is 11.5 Å². The lowest BCUT2D eigenvalue weighted by Crippen LogP contribution is -2.29. The first-order valence-corrected chi connectivity index (χ1v) is 8.18. The molecule has 26 heavy (non-hydrogen) atoms. The number of amides is 1. The van der Waals surface area contributed by atoms with Crippen molar-refractivity contribution < 1.29 is 18.8 Å². The van der Waals surface area contributed by atoms with Crippen molar-refractivity contribution in [1.29, 1.82) is 0 Å². The Kier molecular flexibility index (Phi) is 5.66. The molecule has 6 heteroatoms. The molecule has 3 aromatic rings. The summed E-state index contributed by atoms with van der Waals surface area (Å²) in [6.45, 7) is 0.302. The highest BCUT2D eigenvalue weighted by molar-refractivity contribution is 5.93. The highest BCUT2D eigenvalue weighted by atomic mass is 16.5. The van der Waals surface area contributed by atoms with Crippen molar-refractivity contribution in [2.45, 2.75) is 6.10 Å². The SMILES string of the molecule is COc1cccc(C(CNC(=O)c2cc(-c3ccccc3)on2)OC)c1. The molecule has 0 fully saturated rings. The van der Waals surface area contributed by atoms with E-state index in [0.717, 1.165) is 16.9 Å². The fraction of sp³-hybridized carbons (Fsp3) is 0.200. The molecule has 6 nitrogen and oxygen atoms in total. The predicted octanol–water partition coefficient (Wildman–Crippen LogP) is 3.47. The number of rotatable bonds is 7. The Morgan fingerprint density at radius 3 is 2.65 bits per heavy atom. The normalized spacial score (nSPS) is 11.8. The highest BCUT2D eigenvalue weighted by Gasteiger charge is 2.17. The molecule has 134 valence electrons. The molecule has 0 saturated carbocycles. The lowest BCUT2D eigenvalue weighted by molar-refractivity contribution is 0.0820. The Balaban J connectivity index is 1.65. The van der Waals surface area contributed by atoms with Crippen LogP contribution in [0.5, 0.6) is 5.75 Å². The Labute approximate surface area is 151 Å². The number of ether oxygens (including phenoxy) is 2. The van der Waals surface area contributed by atoms with E-state index in [-0.39, 0.29) is 17.7 Å². The lowest BCUT2D eigenvalue weighted by atomic mass is 10.1. The van der Waals surface area contributed by atoms with Gasteiger partial charge in [0.1, 0.15) is 5.75 Å². The van der Waals surface area contributed by atoms with Gasteiger partial charge in [0.2, 0.25) is 0 Å². The average Bonchev–Trinajstić information content (AvgIpc) is 3.19. The first kappa shape index (κ1) is 17.7. The second-order valence-corrected chi connectivity index (χ2v) is 5.65. The van der Waals surface area contributed by atoms with Crippen LogP contribution in [0.1, 0.15) is 22.2 Å². The topological polar surface area (TPSA) is 73.6 Å². The summed E-state index contributed by atoms with van der Waals surface area (Å²) < 4.78 is 16.0. The van der Waals surface area contributed by atoms with Crippen LogP contribution >= 0.6 is 0 Å². The van der Waals surface area contributed by atoms with E-state index in [0.29, 0.717) is 12.3 Å². The van der Waals surface area contributed by atoms with Crippen LogP contribution < -0.4 is 10.1 Å². The molecule has 1 unspecified atom stereocenters. The van der Waals surface area contributed by atoms with Crippen LogP contribution in [0.15, 0.2) is 65.2 Å². The van der Waals surface area contributed by atoms with Crippen molar-refractivity contribution in [2.24, 2.45) is 0 Å². The van der Waals surface area contributed by atoms with Gasteiger partial charge in [-0.1, -0.05) is 47.6 Å². The lowest BCUT2D eigenvalue weighted by Gasteiger charge is -2.16. The Bertz CT molecular complexity index is 861. The molecule has 0 spiro atoms. The number of carbonyl (C=O) groups is 1. The second-order valence-electron chi connectivity index (χ2n) is 5.65. The van der Waals surface area contributed by atoms with Gasteiger partial charge in [0.25, 0.3) is 5.91 Å². The van der Waals surface area contributed by atoms with Gasteiger partial charge in [-0.15, -0.1) is 0 Å². The molecule has 1 aromatic heterocycles. The molecule has 0 aliphatic carbocycles. The maximum Gasteiger partial charge on any atom is 0.273 e. The minimum atomic E-state index is -0.319. The summed E-state index contributed by atoms with van der Waals surface area (Å²) in [6, 6.07) is 18.7. The summed E-state index contributed by atoms with van der Waals surface area (Å²) in [5.41, 5.74) is 2.01. The molecular formula is C20H20N2O4. The van der Waals surface area contributed by atoms with E-state index in [4.69, 9.17) is 14.0 Å². The first-order chi connectivity index (χ1) is 12.7. The smallest absolute Gasteiger partial charge is 0.273 e. The van der Waals surface area contributed by atoms with Gasteiger partial charge in [-0.25, -0.2) is 0 Å². The maximum atomic E-state index is 12.4. The number of carbonyl (C=O) groups excluding carboxylic acids is 1. The van der Waals surface area contributed by atoms with Crippen LogP contribution in [0.25, 0.3) is 11.3 Å². The van der Waals surface area contributed by atoms with Crippen LogP contribution in [0, 0.1) is 0 Å². The third-order valence-electron chi connectivity index (χ3n) is 4.00. The molecule has 2 aromatic carbocycles. The molecule has 1 heterocycles. The van der Waals surface area contributed by atoms with Gasteiger partial charge in [0, 0.05) is 25.3 Å². The summed E-state index contributed by atoms with van der Waals surface area (Å²) in [4.78, 5) is 12.4. The van der Waals surface area contributed by atoms with E-state index >= 15 is 0 Å². The number of benzene rings is 2. The fourth-order valence-corrected chi connectivity index (χ4v) is 2.58. The molecule has 0 saturated heterocycles. The molecule has 1 amide bonds. The van der Waals surface area contributed by atoms with Crippen LogP contribution in [0.2, 0.25) is 0 Å². The van der Waals surface area contributed by atoms with Crippen molar-refractivity contribution >= 4 is 5.91 Å². The monoisotopic (exact) mass is 352 g/mol. The molecule has 0 aliphatic rings. The third kappa shape index (κ3) is 4.10. The number of hydrogen-bond donors (Lipinski definition) is 1. The zero-order valence-electron chi connectivity index (χ0n) is 14.6. The number of hydrogen-bond acceptors (Lipinski definition) is 5. The van der Waals surface area contributed by atoms with Crippen LogP contribution in [0.4, 0.5) is 0 Å². The summed E-state index contributed by atoms with van der Waals surface area (Å²) in [5.74, 6) is 0.965. The Morgan fingerprint density at radius 1 is 1.12 bits per heavy atom. The third-order valence-corrected chi connectivity index (χ3v) is 4.00. The van der Waals surface area contributed by atoms with Crippen LogP contribution in [-0.4, -0.2) is 31.8 Å². The highest BCUT2D eigenvalue weighted by Crippen LogP contribution is 2.22. The van der Waals surface area contributed by atoms with Crippen LogP contribution in [0.3, 0.4) is 0 Å². The first-order valence-electron chi connectivity index (χ1n) is 8.18. The Morgan fingerprint density at radius 2 is 1.92 bits per heavy atom. The van der Waals surface area contributed by atoms with Gasteiger partial charge in [-0.3, -0.25) is 4.79 Å². The number of nitrogens with zero attached hydrogens (tertiary/aromatic N) is 1. The van der Waals surface area contributed by atoms with E-state index < -0.39 is 0 Å².